The van der Waals surface area contributed by atoms with Crippen molar-refractivity contribution in [2.45, 2.75) is 19.3 Å². The summed E-state index contributed by atoms with van der Waals surface area (Å²) in [6.45, 7) is 4.69. The summed E-state index contributed by atoms with van der Waals surface area (Å²) in [7, 11) is 0. The molecule has 60 heavy (non-hydrogen) atoms. The van der Waals surface area contributed by atoms with Gasteiger partial charge >= 0.3 is 0 Å². The van der Waals surface area contributed by atoms with E-state index in [1.165, 1.54) is 82.7 Å². The van der Waals surface area contributed by atoms with E-state index < -0.39 is 0 Å². The fourth-order valence-corrected chi connectivity index (χ4v) is 10.1. The minimum absolute atomic E-state index is 0.0542. The molecule has 0 saturated carbocycles. The summed E-state index contributed by atoms with van der Waals surface area (Å²) in [6.07, 6.45) is 0. The van der Waals surface area contributed by atoms with Crippen molar-refractivity contribution in [3.8, 4) is 33.6 Å². The van der Waals surface area contributed by atoms with Gasteiger partial charge in [0.25, 0.3) is 0 Å². The minimum atomic E-state index is -0.0542. The predicted molar refractivity (Wildman–Crippen MR) is 253 cm³/mol. The summed E-state index contributed by atoms with van der Waals surface area (Å²) in [5.41, 5.74) is 18.2. The highest BCUT2D eigenvalue weighted by Gasteiger charge is 2.35. The molecule has 0 aliphatic heterocycles. The number of benzene rings is 9. The number of rotatable bonds is 6. The maximum atomic E-state index is 2.42. The molecular weight excluding hydrogens is 727 g/mol. The van der Waals surface area contributed by atoms with Crippen LogP contribution in [-0.4, -0.2) is 9.13 Å². The first-order valence-electron chi connectivity index (χ1n) is 20.9. The van der Waals surface area contributed by atoms with Gasteiger partial charge in [-0.2, -0.15) is 0 Å². The highest BCUT2D eigenvalue weighted by molar-refractivity contribution is 6.13. The fraction of sp³-hybridized carbons (Fsp3) is 0.0526. The van der Waals surface area contributed by atoms with E-state index in [-0.39, 0.29) is 5.41 Å². The molecule has 0 amide bonds. The lowest BCUT2D eigenvalue weighted by Crippen LogP contribution is -2.15. The number of aromatic nitrogens is 2. The molecule has 1 aliphatic rings. The van der Waals surface area contributed by atoms with Crippen LogP contribution < -0.4 is 4.90 Å². The Hall–Kier alpha value is -7.62. The molecule has 3 nitrogen and oxygen atoms in total. The highest BCUT2D eigenvalue weighted by Crippen LogP contribution is 2.51. The predicted octanol–water partition coefficient (Wildman–Crippen LogP) is 15.3. The summed E-state index contributed by atoms with van der Waals surface area (Å²) in [5.74, 6) is 0. The zero-order chi connectivity index (χ0) is 40.0. The summed E-state index contributed by atoms with van der Waals surface area (Å²) >= 11 is 0. The van der Waals surface area contributed by atoms with Gasteiger partial charge in [0.1, 0.15) is 0 Å². The number of fused-ring (bicyclic) bond motifs is 9. The summed E-state index contributed by atoms with van der Waals surface area (Å²) < 4.78 is 4.79. The first-order valence-corrected chi connectivity index (χ1v) is 20.9. The third-order valence-corrected chi connectivity index (χ3v) is 12.9. The lowest BCUT2D eigenvalue weighted by atomic mass is 9.82. The van der Waals surface area contributed by atoms with Gasteiger partial charge in [0, 0.05) is 55.4 Å². The molecule has 9 aromatic carbocycles. The highest BCUT2D eigenvalue weighted by atomic mass is 15.1. The van der Waals surface area contributed by atoms with E-state index >= 15 is 0 Å². The van der Waals surface area contributed by atoms with Crippen molar-refractivity contribution in [2.75, 3.05) is 4.90 Å². The maximum Gasteiger partial charge on any atom is 0.0542 e. The molecule has 0 bridgehead atoms. The van der Waals surface area contributed by atoms with Gasteiger partial charge in [-0.05, 0) is 130 Å². The van der Waals surface area contributed by atoms with Crippen LogP contribution in [0, 0.1) is 0 Å². The lowest BCUT2D eigenvalue weighted by molar-refractivity contribution is 0.660. The van der Waals surface area contributed by atoms with Gasteiger partial charge in [-0.1, -0.05) is 129 Å². The van der Waals surface area contributed by atoms with Crippen LogP contribution in [0.25, 0.3) is 77.2 Å². The molecule has 0 fully saturated rings. The third-order valence-electron chi connectivity index (χ3n) is 12.9. The van der Waals surface area contributed by atoms with Crippen molar-refractivity contribution in [3.63, 3.8) is 0 Å². The van der Waals surface area contributed by atoms with E-state index in [9.17, 15) is 0 Å². The molecule has 0 atom stereocenters. The molecule has 1 aliphatic carbocycles. The van der Waals surface area contributed by atoms with Gasteiger partial charge in [0.2, 0.25) is 0 Å². The van der Waals surface area contributed by atoms with Crippen molar-refractivity contribution in [2.24, 2.45) is 0 Å². The molecule has 3 heteroatoms. The van der Waals surface area contributed by atoms with Crippen LogP contribution >= 0.6 is 0 Å². The topological polar surface area (TPSA) is 13.1 Å². The second-order valence-electron chi connectivity index (χ2n) is 16.6. The third kappa shape index (κ3) is 5.15. The average Bonchev–Trinajstić information content (AvgIpc) is 3.89. The van der Waals surface area contributed by atoms with Crippen LogP contribution in [0.15, 0.2) is 212 Å². The van der Waals surface area contributed by atoms with Crippen molar-refractivity contribution in [1.29, 1.82) is 0 Å². The van der Waals surface area contributed by atoms with Crippen LogP contribution in [0.1, 0.15) is 25.0 Å². The van der Waals surface area contributed by atoms with E-state index in [2.05, 4.69) is 240 Å². The number of anilines is 3. The molecule has 0 spiro atoms. The van der Waals surface area contributed by atoms with Gasteiger partial charge in [-0.3, -0.25) is 0 Å². The Morgan fingerprint density at radius 1 is 0.333 bits per heavy atom. The fourth-order valence-electron chi connectivity index (χ4n) is 10.1. The first-order chi connectivity index (χ1) is 29.5. The molecule has 2 heterocycles. The molecular formula is C57H41N3. The molecule has 0 saturated heterocycles. The average molecular weight is 768 g/mol. The van der Waals surface area contributed by atoms with E-state index in [1.54, 1.807) is 0 Å². The standard InChI is InChI=1S/C57H41N3/c1-57(2)51-24-14-12-22-45(51)47-36-43(28-30-52(47)57)58(40-16-6-3-7-17-40)44-29-33-56-50(37-44)49-35-39(27-32-55(49)60(56)42-20-10-5-11-21-42)38-26-31-54-48(34-38)46-23-13-15-25-53(46)59(54)41-18-8-4-9-19-41/h3-37H,1-2H3. The zero-order valence-electron chi connectivity index (χ0n) is 33.5. The molecule has 2 aromatic heterocycles. The Morgan fingerprint density at radius 2 is 0.800 bits per heavy atom. The lowest BCUT2D eigenvalue weighted by Gasteiger charge is -2.27. The van der Waals surface area contributed by atoms with Gasteiger partial charge < -0.3 is 14.0 Å². The second-order valence-corrected chi connectivity index (χ2v) is 16.6. The molecule has 0 N–H and O–H groups in total. The van der Waals surface area contributed by atoms with Crippen molar-refractivity contribution in [3.05, 3.63) is 223 Å². The smallest absolute Gasteiger partial charge is 0.0542 e. The van der Waals surface area contributed by atoms with Crippen molar-refractivity contribution >= 4 is 60.7 Å². The van der Waals surface area contributed by atoms with Crippen molar-refractivity contribution in [1.82, 2.24) is 9.13 Å². The Morgan fingerprint density at radius 3 is 1.47 bits per heavy atom. The summed E-state index contributed by atoms with van der Waals surface area (Å²) in [6, 6.07) is 77.9. The number of para-hydroxylation sites is 4. The monoisotopic (exact) mass is 767 g/mol. The maximum absolute atomic E-state index is 2.42. The second kappa shape index (κ2) is 13.2. The van der Waals surface area contributed by atoms with E-state index in [4.69, 9.17) is 0 Å². The van der Waals surface area contributed by atoms with E-state index in [1.807, 2.05) is 0 Å². The molecule has 284 valence electrons. The summed E-state index contributed by atoms with van der Waals surface area (Å²) in [4.78, 5) is 2.42. The van der Waals surface area contributed by atoms with Gasteiger partial charge in [-0.15, -0.1) is 0 Å². The van der Waals surface area contributed by atoms with Crippen LogP contribution in [0.4, 0.5) is 17.1 Å². The number of hydrogen-bond donors (Lipinski definition) is 0. The van der Waals surface area contributed by atoms with Gasteiger partial charge in [0.15, 0.2) is 0 Å². The normalized spacial score (nSPS) is 13.0. The van der Waals surface area contributed by atoms with E-state index in [0.717, 1.165) is 22.7 Å². The van der Waals surface area contributed by atoms with Gasteiger partial charge in [0.05, 0.1) is 22.1 Å². The number of nitrogens with zero attached hydrogens (tertiary/aromatic N) is 3. The zero-order valence-corrected chi connectivity index (χ0v) is 33.5. The SMILES string of the molecule is CC1(C)c2ccccc2-c2cc(N(c3ccccc3)c3ccc4c(c3)c3cc(-c5ccc6c(c5)c5ccccc5n6-c5ccccc5)ccc3n4-c3ccccc3)ccc21. The van der Waals surface area contributed by atoms with Crippen LogP contribution in [-0.2, 0) is 5.41 Å². The Kier molecular flexibility index (Phi) is 7.58. The van der Waals surface area contributed by atoms with Crippen LogP contribution in [0.3, 0.4) is 0 Å². The Bertz CT molecular complexity index is 3450. The van der Waals surface area contributed by atoms with E-state index in [0.29, 0.717) is 0 Å². The Balaban J connectivity index is 1.06. The molecule has 12 rings (SSSR count). The molecule has 11 aromatic rings. The van der Waals surface area contributed by atoms with Crippen molar-refractivity contribution < 1.29 is 0 Å². The largest absolute Gasteiger partial charge is 0.310 e. The van der Waals surface area contributed by atoms with Crippen LogP contribution in [0.2, 0.25) is 0 Å². The minimum Gasteiger partial charge on any atom is -0.310 e. The first kappa shape index (κ1) is 34.4. The molecule has 0 unspecified atom stereocenters. The van der Waals surface area contributed by atoms with Crippen LogP contribution in [0.5, 0.6) is 0 Å². The number of hydrogen-bond acceptors (Lipinski definition) is 1. The van der Waals surface area contributed by atoms with Gasteiger partial charge in [-0.25, -0.2) is 0 Å². The summed E-state index contributed by atoms with van der Waals surface area (Å²) in [5, 5.41) is 4.94. The Labute approximate surface area is 349 Å². The quantitative estimate of drug-likeness (QED) is 0.164. The molecule has 0 radical (unpaired) electrons.